The SMILES string of the molecule is CCNC(C)c1cc(F)c(C)cc1N(C)C(CC)CSC. The van der Waals surface area contributed by atoms with Gasteiger partial charge in [-0.15, -0.1) is 0 Å². The van der Waals surface area contributed by atoms with Crippen LogP contribution in [-0.4, -0.2) is 31.6 Å². The molecule has 21 heavy (non-hydrogen) atoms. The molecular formula is C17H29FN2S. The lowest BCUT2D eigenvalue weighted by Gasteiger charge is -2.32. The van der Waals surface area contributed by atoms with E-state index in [1.54, 1.807) is 6.07 Å². The van der Waals surface area contributed by atoms with Gasteiger partial charge < -0.3 is 10.2 Å². The van der Waals surface area contributed by atoms with Crippen LogP contribution in [0.15, 0.2) is 12.1 Å². The smallest absolute Gasteiger partial charge is 0.126 e. The lowest BCUT2D eigenvalue weighted by Crippen LogP contribution is -2.34. The minimum Gasteiger partial charge on any atom is -0.371 e. The molecule has 0 aliphatic heterocycles. The van der Waals surface area contributed by atoms with Gasteiger partial charge in [0.2, 0.25) is 0 Å². The van der Waals surface area contributed by atoms with Crippen molar-refractivity contribution in [2.75, 3.05) is 30.5 Å². The lowest BCUT2D eigenvalue weighted by molar-refractivity contribution is 0.574. The normalized spacial score (nSPS) is 14.0. The van der Waals surface area contributed by atoms with Gasteiger partial charge in [-0.3, -0.25) is 0 Å². The molecule has 0 bridgehead atoms. The van der Waals surface area contributed by atoms with Crippen molar-refractivity contribution < 1.29 is 4.39 Å². The van der Waals surface area contributed by atoms with Crippen LogP contribution in [0.5, 0.6) is 0 Å². The fourth-order valence-corrected chi connectivity index (χ4v) is 3.49. The molecule has 0 heterocycles. The van der Waals surface area contributed by atoms with E-state index in [0.29, 0.717) is 11.6 Å². The van der Waals surface area contributed by atoms with Crippen LogP contribution >= 0.6 is 11.8 Å². The second kappa shape index (κ2) is 8.64. The first-order valence-electron chi connectivity index (χ1n) is 7.71. The number of hydrogen-bond acceptors (Lipinski definition) is 3. The van der Waals surface area contributed by atoms with E-state index < -0.39 is 0 Å². The van der Waals surface area contributed by atoms with Crippen molar-refractivity contribution in [2.24, 2.45) is 0 Å². The summed E-state index contributed by atoms with van der Waals surface area (Å²) in [5, 5.41) is 3.39. The van der Waals surface area contributed by atoms with E-state index in [2.05, 4.69) is 44.3 Å². The molecule has 120 valence electrons. The third-order valence-electron chi connectivity index (χ3n) is 4.04. The maximum Gasteiger partial charge on any atom is 0.126 e. The molecule has 1 aromatic carbocycles. The molecular weight excluding hydrogens is 283 g/mol. The minimum atomic E-state index is -0.121. The number of hydrogen-bond donors (Lipinski definition) is 1. The zero-order valence-corrected chi connectivity index (χ0v) is 15.0. The van der Waals surface area contributed by atoms with Crippen LogP contribution in [0.25, 0.3) is 0 Å². The van der Waals surface area contributed by atoms with Crippen molar-refractivity contribution in [3.8, 4) is 0 Å². The molecule has 4 heteroatoms. The molecule has 1 N–H and O–H groups in total. The van der Waals surface area contributed by atoms with Crippen molar-refractivity contribution in [1.29, 1.82) is 0 Å². The Morgan fingerprint density at radius 1 is 1.33 bits per heavy atom. The van der Waals surface area contributed by atoms with Gasteiger partial charge in [0.15, 0.2) is 0 Å². The second-order valence-electron chi connectivity index (χ2n) is 5.57. The minimum absolute atomic E-state index is 0.121. The molecule has 2 unspecified atom stereocenters. The van der Waals surface area contributed by atoms with Crippen LogP contribution in [-0.2, 0) is 0 Å². The predicted molar refractivity (Wildman–Crippen MR) is 94.1 cm³/mol. The Morgan fingerprint density at radius 3 is 2.52 bits per heavy atom. The Balaban J connectivity index is 3.21. The van der Waals surface area contributed by atoms with Gasteiger partial charge in [0.05, 0.1) is 0 Å². The molecule has 0 saturated carbocycles. The number of halogens is 1. The van der Waals surface area contributed by atoms with Gasteiger partial charge in [0.25, 0.3) is 0 Å². The van der Waals surface area contributed by atoms with E-state index in [1.807, 2.05) is 24.8 Å². The lowest BCUT2D eigenvalue weighted by atomic mass is 10.0. The van der Waals surface area contributed by atoms with E-state index in [1.165, 1.54) is 0 Å². The van der Waals surface area contributed by atoms with E-state index in [0.717, 1.165) is 30.0 Å². The number of nitrogens with zero attached hydrogens (tertiary/aromatic N) is 1. The van der Waals surface area contributed by atoms with Gasteiger partial charge in [0, 0.05) is 30.6 Å². The molecule has 0 saturated heterocycles. The molecule has 2 atom stereocenters. The summed E-state index contributed by atoms with van der Waals surface area (Å²) in [6.07, 6.45) is 3.22. The fourth-order valence-electron chi connectivity index (χ4n) is 2.64. The fraction of sp³-hybridized carbons (Fsp3) is 0.647. The van der Waals surface area contributed by atoms with Crippen LogP contribution in [0.4, 0.5) is 10.1 Å². The number of aryl methyl sites for hydroxylation is 1. The highest BCUT2D eigenvalue weighted by molar-refractivity contribution is 7.98. The van der Waals surface area contributed by atoms with Crippen LogP contribution in [0.2, 0.25) is 0 Å². The Labute approximate surface area is 133 Å². The topological polar surface area (TPSA) is 15.3 Å². The van der Waals surface area contributed by atoms with E-state index >= 15 is 0 Å². The summed E-state index contributed by atoms with van der Waals surface area (Å²) in [5.74, 6) is 0.961. The first-order valence-corrected chi connectivity index (χ1v) is 9.10. The van der Waals surface area contributed by atoms with Gasteiger partial charge in [-0.25, -0.2) is 4.39 Å². The van der Waals surface area contributed by atoms with Crippen molar-refractivity contribution in [2.45, 2.75) is 46.2 Å². The first kappa shape index (κ1) is 18.3. The maximum absolute atomic E-state index is 14.0. The third-order valence-corrected chi connectivity index (χ3v) is 4.76. The summed E-state index contributed by atoms with van der Waals surface area (Å²) in [7, 11) is 2.12. The Hall–Kier alpha value is -0.740. The van der Waals surface area contributed by atoms with Crippen molar-refractivity contribution in [1.82, 2.24) is 5.32 Å². The van der Waals surface area contributed by atoms with Crippen LogP contribution in [0.1, 0.15) is 44.4 Å². The van der Waals surface area contributed by atoms with Crippen molar-refractivity contribution in [3.63, 3.8) is 0 Å². The molecule has 0 radical (unpaired) electrons. The molecule has 0 aromatic heterocycles. The highest BCUT2D eigenvalue weighted by Crippen LogP contribution is 2.31. The molecule has 0 spiro atoms. The highest BCUT2D eigenvalue weighted by atomic mass is 32.2. The summed E-state index contributed by atoms with van der Waals surface area (Å²) in [6, 6.07) is 4.30. The van der Waals surface area contributed by atoms with E-state index in [4.69, 9.17) is 0 Å². The summed E-state index contributed by atoms with van der Waals surface area (Å²) < 4.78 is 14.0. The molecule has 2 nitrogen and oxygen atoms in total. The summed E-state index contributed by atoms with van der Waals surface area (Å²) in [6.45, 7) is 9.10. The molecule has 0 aliphatic rings. The molecule has 1 rings (SSSR count). The highest BCUT2D eigenvalue weighted by Gasteiger charge is 2.20. The molecule has 0 amide bonds. The average molecular weight is 312 g/mol. The van der Waals surface area contributed by atoms with Crippen LogP contribution < -0.4 is 10.2 Å². The van der Waals surface area contributed by atoms with Gasteiger partial charge >= 0.3 is 0 Å². The Bertz CT molecular complexity index is 451. The van der Waals surface area contributed by atoms with Gasteiger partial charge in [-0.1, -0.05) is 13.8 Å². The number of benzene rings is 1. The Kier molecular flexibility index (Phi) is 7.53. The summed E-state index contributed by atoms with van der Waals surface area (Å²) in [4.78, 5) is 2.31. The number of thioether (sulfide) groups is 1. The summed E-state index contributed by atoms with van der Waals surface area (Å²) in [5.41, 5.74) is 2.90. The number of nitrogens with one attached hydrogen (secondary N) is 1. The third kappa shape index (κ3) is 4.62. The van der Waals surface area contributed by atoms with Gasteiger partial charge in [-0.05, 0) is 56.3 Å². The largest absolute Gasteiger partial charge is 0.371 e. The standard InChI is InChI=1S/C17H29FN2S/c1-7-14(11-21-6)20(5)17-9-12(3)16(18)10-15(17)13(4)19-8-2/h9-10,13-14,19H,7-8,11H2,1-6H3. The molecule has 0 aliphatic carbocycles. The van der Waals surface area contributed by atoms with Crippen molar-refractivity contribution in [3.05, 3.63) is 29.1 Å². The van der Waals surface area contributed by atoms with E-state index in [9.17, 15) is 4.39 Å². The van der Waals surface area contributed by atoms with Crippen LogP contribution in [0, 0.1) is 12.7 Å². The van der Waals surface area contributed by atoms with Gasteiger partial charge in [-0.2, -0.15) is 11.8 Å². The van der Waals surface area contributed by atoms with Gasteiger partial charge in [0.1, 0.15) is 5.82 Å². The molecule has 1 aromatic rings. The predicted octanol–water partition coefficient (Wildman–Crippen LogP) is 4.38. The Morgan fingerprint density at radius 2 is 2.00 bits per heavy atom. The number of anilines is 1. The molecule has 0 fully saturated rings. The van der Waals surface area contributed by atoms with Crippen LogP contribution in [0.3, 0.4) is 0 Å². The van der Waals surface area contributed by atoms with Crippen molar-refractivity contribution >= 4 is 17.4 Å². The monoisotopic (exact) mass is 312 g/mol. The second-order valence-corrected chi connectivity index (χ2v) is 6.48. The average Bonchev–Trinajstić information content (AvgIpc) is 2.46. The quantitative estimate of drug-likeness (QED) is 0.767. The maximum atomic E-state index is 14.0. The zero-order chi connectivity index (χ0) is 16.0. The summed E-state index contributed by atoms with van der Waals surface area (Å²) >= 11 is 1.86. The number of rotatable bonds is 8. The zero-order valence-electron chi connectivity index (χ0n) is 14.2. The first-order chi connectivity index (χ1) is 9.96. The van der Waals surface area contributed by atoms with E-state index in [-0.39, 0.29) is 11.9 Å².